The molecule has 176 valence electrons. The van der Waals surface area contributed by atoms with E-state index < -0.39 is 5.41 Å². The largest absolute Gasteiger partial charge is 0.355 e. The number of carbonyl (C=O) groups is 2. The molecule has 34 heavy (non-hydrogen) atoms. The highest BCUT2D eigenvalue weighted by atomic mass is 16.2. The predicted molar refractivity (Wildman–Crippen MR) is 132 cm³/mol. The van der Waals surface area contributed by atoms with Crippen LogP contribution in [-0.4, -0.2) is 46.3 Å². The average molecular weight is 457 g/mol. The summed E-state index contributed by atoms with van der Waals surface area (Å²) in [6.07, 6.45) is 8.30. The molecular weight excluding hydrogens is 424 g/mol. The number of benzene rings is 2. The van der Waals surface area contributed by atoms with Crippen molar-refractivity contribution in [3.05, 3.63) is 95.6 Å². The fourth-order valence-electron chi connectivity index (χ4n) is 4.63. The molecule has 0 aliphatic carbocycles. The van der Waals surface area contributed by atoms with E-state index in [0.29, 0.717) is 44.6 Å². The van der Waals surface area contributed by atoms with Crippen LogP contribution in [-0.2, 0) is 24.1 Å². The minimum absolute atomic E-state index is 0.0770. The molecule has 2 heterocycles. The summed E-state index contributed by atoms with van der Waals surface area (Å²) in [6, 6.07) is 18.7. The Morgan fingerprint density at radius 1 is 0.941 bits per heavy atom. The second-order valence-corrected chi connectivity index (χ2v) is 9.00. The van der Waals surface area contributed by atoms with Crippen LogP contribution < -0.4 is 5.32 Å². The van der Waals surface area contributed by atoms with Crippen molar-refractivity contribution in [3.8, 4) is 0 Å². The first kappa shape index (κ1) is 23.6. The number of aryl methyl sites for hydroxylation is 1. The quantitative estimate of drug-likeness (QED) is 0.559. The topological polar surface area (TPSA) is 75.2 Å². The summed E-state index contributed by atoms with van der Waals surface area (Å²) in [5, 5.41) is 3.20. The molecule has 1 fully saturated rings. The molecule has 1 aliphatic heterocycles. The third kappa shape index (κ3) is 5.68. The van der Waals surface area contributed by atoms with Gasteiger partial charge < -0.3 is 10.2 Å². The van der Waals surface area contributed by atoms with E-state index in [9.17, 15) is 9.59 Å². The van der Waals surface area contributed by atoms with Gasteiger partial charge in [0, 0.05) is 32.0 Å². The van der Waals surface area contributed by atoms with Crippen molar-refractivity contribution >= 4 is 11.8 Å². The van der Waals surface area contributed by atoms with Crippen LogP contribution in [0, 0.1) is 5.41 Å². The zero-order valence-electron chi connectivity index (χ0n) is 19.7. The van der Waals surface area contributed by atoms with Crippen LogP contribution in [0.5, 0.6) is 0 Å². The number of carbonyl (C=O) groups excluding carboxylic acids is 2. The normalized spacial score (nSPS) is 15.0. The molecular formula is C28H32N4O2. The number of hydrogen-bond donors (Lipinski definition) is 1. The molecule has 1 aliphatic rings. The highest BCUT2D eigenvalue weighted by molar-refractivity contribution is 5.92. The van der Waals surface area contributed by atoms with Crippen molar-refractivity contribution in [2.75, 3.05) is 19.6 Å². The molecule has 0 spiro atoms. The van der Waals surface area contributed by atoms with Gasteiger partial charge in [-0.3, -0.25) is 14.6 Å². The summed E-state index contributed by atoms with van der Waals surface area (Å²) in [5.41, 5.74) is 3.49. The zero-order chi connectivity index (χ0) is 23.8. The molecule has 3 aromatic rings. The van der Waals surface area contributed by atoms with Crippen molar-refractivity contribution in [1.82, 2.24) is 20.2 Å². The Morgan fingerprint density at radius 2 is 1.65 bits per heavy atom. The lowest BCUT2D eigenvalue weighted by molar-refractivity contribution is -0.133. The van der Waals surface area contributed by atoms with Gasteiger partial charge in [0.05, 0.1) is 11.6 Å². The summed E-state index contributed by atoms with van der Waals surface area (Å²) >= 11 is 0. The van der Waals surface area contributed by atoms with Crippen LogP contribution in [0.25, 0.3) is 0 Å². The SMILES string of the molecule is CCc1ccc(CCNC(=O)C2(Cc3ccccc3)CCN(C(=O)c3cnccn3)CC2)cc1. The fourth-order valence-corrected chi connectivity index (χ4v) is 4.63. The van der Waals surface area contributed by atoms with E-state index >= 15 is 0 Å². The van der Waals surface area contributed by atoms with Gasteiger partial charge in [-0.15, -0.1) is 0 Å². The van der Waals surface area contributed by atoms with Crippen LogP contribution in [0.3, 0.4) is 0 Å². The van der Waals surface area contributed by atoms with Gasteiger partial charge >= 0.3 is 0 Å². The third-order valence-electron chi connectivity index (χ3n) is 6.79. The number of amides is 2. The molecule has 2 amide bonds. The molecule has 1 N–H and O–H groups in total. The molecule has 6 heteroatoms. The molecule has 0 saturated carbocycles. The van der Waals surface area contributed by atoms with Crippen molar-refractivity contribution in [1.29, 1.82) is 0 Å². The molecule has 1 aromatic heterocycles. The summed E-state index contributed by atoms with van der Waals surface area (Å²) < 4.78 is 0. The molecule has 1 saturated heterocycles. The van der Waals surface area contributed by atoms with Crippen LogP contribution in [0.15, 0.2) is 73.2 Å². The minimum Gasteiger partial charge on any atom is -0.355 e. The molecule has 2 aromatic carbocycles. The maximum atomic E-state index is 13.5. The highest BCUT2D eigenvalue weighted by Crippen LogP contribution is 2.36. The monoisotopic (exact) mass is 456 g/mol. The van der Waals surface area contributed by atoms with Gasteiger partial charge in [0.1, 0.15) is 5.69 Å². The maximum absolute atomic E-state index is 13.5. The molecule has 4 rings (SSSR count). The van der Waals surface area contributed by atoms with Gasteiger partial charge in [0.2, 0.25) is 5.91 Å². The van der Waals surface area contributed by atoms with Crippen molar-refractivity contribution in [3.63, 3.8) is 0 Å². The Hall–Kier alpha value is -3.54. The zero-order valence-corrected chi connectivity index (χ0v) is 19.7. The third-order valence-corrected chi connectivity index (χ3v) is 6.79. The van der Waals surface area contributed by atoms with Gasteiger partial charge in [0.15, 0.2) is 0 Å². The number of piperidine rings is 1. The molecule has 0 unspecified atom stereocenters. The first-order chi connectivity index (χ1) is 16.6. The van der Waals surface area contributed by atoms with E-state index in [2.05, 4.69) is 58.6 Å². The van der Waals surface area contributed by atoms with E-state index in [-0.39, 0.29) is 11.8 Å². The van der Waals surface area contributed by atoms with Crippen LogP contribution in [0.2, 0.25) is 0 Å². The maximum Gasteiger partial charge on any atom is 0.274 e. The van der Waals surface area contributed by atoms with Crippen LogP contribution >= 0.6 is 0 Å². The number of hydrogen-bond acceptors (Lipinski definition) is 4. The van der Waals surface area contributed by atoms with E-state index in [4.69, 9.17) is 0 Å². The molecule has 0 atom stereocenters. The van der Waals surface area contributed by atoms with Crippen LogP contribution in [0.1, 0.15) is 46.9 Å². The highest BCUT2D eigenvalue weighted by Gasteiger charge is 2.42. The average Bonchev–Trinajstić information content (AvgIpc) is 2.90. The molecule has 6 nitrogen and oxygen atoms in total. The van der Waals surface area contributed by atoms with E-state index in [1.807, 2.05) is 18.2 Å². The number of aromatic nitrogens is 2. The Bertz CT molecular complexity index is 1080. The minimum atomic E-state index is -0.535. The lowest BCUT2D eigenvalue weighted by atomic mass is 9.73. The fraction of sp³-hybridized carbons (Fsp3) is 0.357. The van der Waals surface area contributed by atoms with Crippen molar-refractivity contribution in [2.45, 2.75) is 39.0 Å². The Kier molecular flexibility index (Phi) is 7.68. The first-order valence-corrected chi connectivity index (χ1v) is 12.0. The predicted octanol–water partition coefficient (Wildman–Crippen LogP) is 3.86. The number of rotatable bonds is 8. The number of nitrogens with one attached hydrogen (secondary N) is 1. The van der Waals surface area contributed by atoms with Gasteiger partial charge in [-0.25, -0.2) is 4.98 Å². The van der Waals surface area contributed by atoms with Gasteiger partial charge in [-0.05, 0) is 48.8 Å². The summed E-state index contributed by atoms with van der Waals surface area (Å²) in [7, 11) is 0. The van der Waals surface area contributed by atoms with E-state index in [1.54, 1.807) is 11.1 Å². The van der Waals surface area contributed by atoms with E-state index in [1.165, 1.54) is 23.5 Å². The first-order valence-electron chi connectivity index (χ1n) is 12.0. The lowest BCUT2D eigenvalue weighted by Gasteiger charge is -2.40. The van der Waals surface area contributed by atoms with Crippen molar-refractivity contribution < 1.29 is 9.59 Å². The Labute approximate surface area is 201 Å². The summed E-state index contributed by atoms with van der Waals surface area (Å²) in [6.45, 7) is 3.79. The summed E-state index contributed by atoms with van der Waals surface area (Å²) in [4.78, 5) is 36.3. The van der Waals surface area contributed by atoms with Gasteiger partial charge in [0.25, 0.3) is 5.91 Å². The molecule has 0 bridgehead atoms. The Balaban J connectivity index is 1.42. The van der Waals surface area contributed by atoms with Gasteiger partial charge in [-0.2, -0.15) is 0 Å². The lowest BCUT2D eigenvalue weighted by Crippen LogP contribution is -2.51. The summed E-state index contributed by atoms with van der Waals surface area (Å²) in [5.74, 6) is -0.0505. The second kappa shape index (κ2) is 11.1. The Morgan fingerprint density at radius 3 is 2.29 bits per heavy atom. The molecule has 0 radical (unpaired) electrons. The smallest absolute Gasteiger partial charge is 0.274 e. The number of likely N-dealkylation sites (tertiary alicyclic amines) is 1. The number of nitrogens with zero attached hydrogens (tertiary/aromatic N) is 3. The van der Waals surface area contributed by atoms with Crippen molar-refractivity contribution in [2.24, 2.45) is 5.41 Å². The standard InChI is InChI=1S/C28H32N4O2/c1-2-22-8-10-23(11-9-22)12-15-31-27(34)28(20-24-6-4-3-5-7-24)13-18-32(19-14-28)26(33)25-21-29-16-17-30-25/h3-11,16-17,21H,2,12-15,18-20H2,1H3,(H,31,34). The van der Waals surface area contributed by atoms with E-state index in [0.717, 1.165) is 18.4 Å². The van der Waals surface area contributed by atoms with Gasteiger partial charge in [-0.1, -0.05) is 61.5 Å². The van der Waals surface area contributed by atoms with Crippen LogP contribution in [0.4, 0.5) is 0 Å². The second-order valence-electron chi connectivity index (χ2n) is 9.00.